The van der Waals surface area contributed by atoms with Crippen LogP contribution in [0.2, 0.25) is 0 Å². The molecule has 3 heterocycles. The lowest BCUT2D eigenvalue weighted by atomic mass is 9.97. The maximum Gasteiger partial charge on any atom is 0.311 e. The van der Waals surface area contributed by atoms with Gasteiger partial charge in [0.1, 0.15) is 0 Å². The molecule has 0 saturated carbocycles. The van der Waals surface area contributed by atoms with Crippen LogP contribution < -0.4 is 4.90 Å². The molecule has 122 valence electrons. The fourth-order valence-electron chi connectivity index (χ4n) is 2.39. The van der Waals surface area contributed by atoms with Crippen LogP contribution in [0.4, 0.5) is 5.69 Å². The van der Waals surface area contributed by atoms with Gasteiger partial charge in [-0.3, -0.25) is 4.79 Å². The number of carbonyl (C=O) groups is 1. The predicted molar refractivity (Wildman–Crippen MR) is 83.1 cm³/mol. The highest BCUT2D eigenvalue weighted by Gasteiger charge is 2.28. The molecule has 1 amide bonds. The van der Waals surface area contributed by atoms with E-state index in [1.807, 2.05) is 26.8 Å². The van der Waals surface area contributed by atoms with Gasteiger partial charge in [0.15, 0.2) is 0 Å². The van der Waals surface area contributed by atoms with Gasteiger partial charge in [0.2, 0.25) is 5.89 Å². The summed E-state index contributed by atoms with van der Waals surface area (Å²) in [5.41, 5.74) is 0.748. The number of nitrogens with zero attached hydrogens (tertiary/aromatic N) is 6. The van der Waals surface area contributed by atoms with Crippen molar-refractivity contribution in [1.82, 2.24) is 25.3 Å². The van der Waals surface area contributed by atoms with Crippen molar-refractivity contribution in [3.63, 3.8) is 0 Å². The number of hydrogen-bond donors (Lipinski definition) is 0. The molecule has 1 fully saturated rings. The summed E-state index contributed by atoms with van der Waals surface area (Å²) in [6.07, 6.45) is 3.39. The summed E-state index contributed by atoms with van der Waals surface area (Å²) < 4.78 is 5.53. The number of anilines is 1. The SMILES string of the molecule is CC(C)(C)c1nnc(C(=O)N2CCN(c3ccnnc3)CC2)o1. The van der Waals surface area contributed by atoms with Gasteiger partial charge >= 0.3 is 11.8 Å². The van der Waals surface area contributed by atoms with E-state index < -0.39 is 0 Å². The van der Waals surface area contributed by atoms with Crippen LogP contribution in [-0.2, 0) is 5.41 Å². The Bertz CT molecular complexity index is 671. The Balaban J connectivity index is 1.63. The number of aromatic nitrogens is 4. The van der Waals surface area contributed by atoms with Crippen molar-refractivity contribution in [3.8, 4) is 0 Å². The van der Waals surface area contributed by atoms with E-state index in [9.17, 15) is 4.79 Å². The molecule has 1 aliphatic rings. The molecule has 0 radical (unpaired) electrons. The largest absolute Gasteiger partial charge is 0.416 e. The van der Waals surface area contributed by atoms with Gasteiger partial charge in [-0.15, -0.1) is 10.2 Å². The minimum atomic E-state index is -0.265. The normalized spacial score (nSPS) is 15.8. The average molecular weight is 316 g/mol. The maximum atomic E-state index is 12.5. The highest BCUT2D eigenvalue weighted by atomic mass is 16.4. The predicted octanol–water partition coefficient (Wildman–Crippen LogP) is 1.12. The van der Waals surface area contributed by atoms with Crippen molar-refractivity contribution in [2.45, 2.75) is 26.2 Å². The van der Waals surface area contributed by atoms with Gasteiger partial charge in [-0.05, 0) is 6.07 Å². The van der Waals surface area contributed by atoms with Crippen LogP contribution >= 0.6 is 0 Å². The van der Waals surface area contributed by atoms with Gasteiger partial charge in [-0.1, -0.05) is 20.8 Å². The molecule has 8 heteroatoms. The highest BCUT2D eigenvalue weighted by molar-refractivity contribution is 5.89. The third-order valence-corrected chi connectivity index (χ3v) is 3.75. The zero-order valence-corrected chi connectivity index (χ0v) is 13.6. The Morgan fingerprint density at radius 2 is 1.87 bits per heavy atom. The summed E-state index contributed by atoms with van der Waals surface area (Å²) in [4.78, 5) is 16.4. The third-order valence-electron chi connectivity index (χ3n) is 3.75. The number of piperazine rings is 1. The maximum absolute atomic E-state index is 12.5. The molecule has 1 saturated heterocycles. The molecule has 0 aliphatic carbocycles. The van der Waals surface area contributed by atoms with Crippen molar-refractivity contribution < 1.29 is 9.21 Å². The molecule has 8 nitrogen and oxygen atoms in total. The average Bonchev–Trinajstić information content (AvgIpc) is 3.05. The summed E-state index contributed by atoms with van der Waals surface area (Å²) in [5, 5.41) is 15.5. The van der Waals surface area contributed by atoms with Crippen LogP contribution in [0.25, 0.3) is 0 Å². The molecule has 0 atom stereocenters. The first kappa shape index (κ1) is 15.4. The smallest absolute Gasteiger partial charge is 0.311 e. The van der Waals surface area contributed by atoms with E-state index in [2.05, 4.69) is 25.3 Å². The number of carbonyl (C=O) groups excluding carboxylic acids is 1. The van der Waals surface area contributed by atoms with E-state index in [4.69, 9.17) is 4.42 Å². The minimum Gasteiger partial charge on any atom is -0.416 e. The van der Waals surface area contributed by atoms with Crippen molar-refractivity contribution in [3.05, 3.63) is 30.2 Å². The third kappa shape index (κ3) is 3.30. The van der Waals surface area contributed by atoms with E-state index in [0.29, 0.717) is 19.0 Å². The molecular formula is C15H20N6O2. The molecule has 0 aromatic carbocycles. The van der Waals surface area contributed by atoms with Crippen molar-refractivity contribution in [2.75, 3.05) is 31.1 Å². The topological polar surface area (TPSA) is 88.3 Å². The monoisotopic (exact) mass is 316 g/mol. The lowest BCUT2D eigenvalue weighted by Gasteiger charge is -2.35. The molecule has 0 spiro atoms. The molecule has 2 aromatic heterocycles. The summed E-state index contributed by atoms with van der Waals surface area (Å²) in [6.45, 7) is 8.58. The van der Waals surface area contributed by atoms with Crippen LogP contribution in [0.1, 0.15) is 37.3 Å². The Labute approximate surface area is 134 Å². The molecule has 2 aromatic rings. The second-order valence-corrected chi connectivity index (χ2v) is 6.54. The minimum absolute atomic E-state index is 0.0638. The second-order valence-electron chi connectivity index (χ2n) is 6.54. The molecule has 0 bridgehead atoms. The first-order valence-electron chi connectivity index (χ1n) is 7.60. The molecule has 0 unspecified atom stereocenters. The van der Waals surface area contributed by atoms with Crippen molar-refractivity contribution in [1.29, 1.82) is 0 Å². The van der Waals surface area contributed by atoms with Gasteiger partial charge in [-0.25, -0.2) is 0 Å². The molecular weight excluding hydrogens is 296 g/mol. The summed E-state index contributed by atoms with van der Waals surface area (Å²) in [6, 6.07) is 1.91. The van der Waals surface area contributed by atoms with Gasteiger partial charge in [0.05, 0.1) is 18.1 Å². The molecule has 3 rings (SSSR count). The zero-order chi connectivity index (χ0) is 16.4. The van der Waals surface area contributed by atoms with Crippen LogP contribution in [-0.4, -0.2) is 57.4 Å². The lowest BCUT2D eigenvalue weighted by molar-refractivity contribution is 0.0703. The fraction of sp³-hybridized carbons (Fsp3) is 0.533. The van der Waals surface area contributed by atoms with Crippen LogP contribution in [0, 0.1) is 0 Å². The fourth-order valence-corrected chi connectivity index (χ4v) is 2.39. The highest BCUT2D eigenvalue weighted by Crippen LogP contribution is 2.21. The van der Waals surface area contributed by atoms with E-state index in [1.165, 1.54) is 0 Å². The summed E-state index contributed by atoms with van der Waals surface area (Å²) >= 11 is 0. The van der Waals surface area contributed by atoms with E-state index in [0.717, 1.165) is 18.8 Å². The van der Waals surface area contributed by atoms with E-state index in [1.54, 1.807) is 17.3 Å². The quantitative estimate of drug-likeness (QED) is 0.820. The Morgan fingerprint density at radius 1 is 1.13 bits per heavy atom. The first-order valence-corrected chi connectivity index (χ1v) is 7.60. The molecule has 23 heavy (non-hydrogen) atoms. The Morgan fingerprint density at radius 3 is 2.43 bits per heavy atom. The number of hydrogen-bond acceptors (Lipinski definition) is 7. The second kappa shape index (κ2) is 5.94. The van der Waals surface area contributed by atoms with Crippen molar-refractivity contribution >= 4 is 11.6 Å². The lowest BCUT2D eigenvalue weighted by Crippen LogP contribution is -2.49. The molecule has 1 aliphatic heterocycles. The standard InChI is InChI=1S/C15H20N6O2/c1-15(2,3)14-19-18-12(23-14)13(22)21-8-6-20(7-9-21)11-4-5-16-17-10-11/h4-5,10H,6-9H2,1-3H3. The van der Waals surface area contributed by atoms with Crippen LogP contribution in [0.3, 0.4) is 0 Å². The van der Waals surface area contributed by atoms with E-state index in [-0.39, 0.29) is 17.2 Å². The zero-order valence-electron chi connectivity index (χ0n) is 13.6. The Hall–Kier alpha value is -2.51. The summed E-state index contributed by atoms with van der Waals surface area (Å²) in [5.74, 6) is 0.330. The van der Waals surface area contributed by atoms with Gasteiger partial charge in [0, 0.05) is 31.6 Å². The van der Waals surface area contributed by atoms with Crippen LogP contribution in [0.15, 0.2) is 22.9 Å². The van der Waals surface area contributed by atoms with Crippen LogP contribution in [0.5, 0.6) is 0 Å². The first-order chi connectivity index (χ1) is 10.9. The van der Waals surface area contributed by atoms with Gasteiger partial charge in [0.25, 0.3) is 0 Å². The van der Waals surface area contributed by atoms with Crippen molar-refractivity contribution in [2.24, 2.45) is 0 Å². The Kier molecular flexibility index (Phi) is 3.97. The van der Waals surface area contributed by atoms with Gasteiger partial charge < -0.3 is 14.2 Å². The summed E-state index contributed by atoms with van der Waals surface area (Å²) in [7, 11) is 0. The van der Waals surface area contributed by atoms with Gasteiger partial charge in [-0.2, -0.15) is 10.2 Å². The number of amides is 1. The van der Waals surface area contributed by atoms with E-state index >= 15 is 0 Å². The molecule has 0 N–H and O–H groups in total. The number of rotatable bonds is 2.